The first-order valence-corrected chi connectivity index (χ1v) is 7.75. The molecule has 5 heteroatoms. The van der Waals surface area contributed by atoms with Gasteiger partial charge in [0.05, 0.1) is 6.54 Å². The topological polar surface area (TPSA) is 35.6 Å². The van der Waals surface area contributed by atoms with Gasteiger partial charge in [-0.3, -0.25) is 9.69 Å². The molecule has 0 unspecified atom stereocenters. The highest BCUT2D eigenvalue weighted by Crippen LogP contribution is 2.20. The van der Waals surface area contributed by atoms with Crippen LogP contribution in [0.4, 0.5) is 5.69 Å². The second-order valence-electron chi connectivity index (χ2n) is 6.54. The van der Waals surface area contributed by atoms with Crippen LogP contribution in [0, 0.1) is 0 Å². The summed E-state index contributed by atoms with van der Waals surface area (Å²) < 4.78 is 0. The fraction of sp³-hybridized carbons (Fsp3) is 0.562. The van der Waals surface area contributed by atoms with E-state index in [-0.39, 0.29) is 11.4 Å². The molecule has 4 nitrogen and oxygen atoms in total. The lowest BCUT2D eigenvalue weighted by Crippen LogP contribution is -2.51. The van der Waals surface area contributed by atoms with Gasteiger partial charge in [0.25, 0.3) is 0 Å². The lowest BCUT2D eigenvalue weighted by atomic mass is 10.1. The second kappa shape index (κ2) is 6.67. The van der Waals surface area contributed by atoms with Crippen molar-refractivity contribution in [3.05, 3.63) is 29.3 Å². The van der Waals surface area contributed by atoms with E-state index in [1.54, 1.807) is 0 Å². The third-order valence-electron chi connectivity index (χ3n) is 3.43. The Morgan fingerprint density at radius 3 is 2.48 bits per heavy atom. The number of nitrogens with zero attached hydrogens (tertiary/aromatic N) is 2. The molecule has 1 heterocycles. The van der Waals surface area contributed by atoms with E-state index in [0.717, 1.165) is 36.9 Å². The maximum atomic E-state index is 11.9. The highest BCUT2D eigenvalue weighted by Gasteiger charge is 2.21. The molecule has 0 spiro atoms. The molecule has 2 rings (SSSR count). The van der Waals surface area contributed by atoms with Gasteiger partial charge < -0.3 is 10.2 Å². The van der Waals surface area contributed by atoms with Crippen molar-refractivity contribution in [3.8, 4) is 0 Å². The zero-order chi connectivity index (χ0) is 15.5. The summed E-state index contributed by atoms with van der Waals surface area (Å²) in [5.41, 5.74) is 0.987. The molecular weight excluding hydrogens is 286 g/mol. The summed E-state index contributed by atoms with van der Waals surface area (Å²) in [6.45, 7) is 10.1. The van der Waals surface area contributed by atoms with E-state index in [1.807, 2.05) is 39.0 Å². The van der Waals surface area contributed by atoms with E-state index in [2.05, 4.69) is 21.2 Å². The molecule has 1 aromatic carbocycles. The predicted octanol–water partition coefficient (Wildman–Crippen LogP) is 2.38. The minimum absolute atomic E-state index is 0.0960. The standard InChI is InChI=1S/C16H24ClN3O/c1-16(2,3)18-15(21)12-19-7-9-20(10-8-19)14-6-4-5-13(17)11-14/h4-6,11H,7-10,12H2,1-3H3,(H,18,21). The Labute approximate surface area is 132 Å². The number of halogens is 1. The monoisotopic (exact) mass is 309 g/mol. The van der Waals surface area contributed by atoms with Crippen molar-refractivity contribution in [3.63, 3.8) is 0 Å². The number of nitrogens with one attached hydrogen (secondary N) is 1. The highest BCUT2D eigenvalue weighted by molar-refractivity contribution is 6.30. The van der Waals surface area contributed by atoms with Gasteiger partial charge in [-0.25, -0.2) is 0 Å². The molecule has 1 aliphatic rings. The quantitative estimate of drug-likeness (QED) is 0.931. The first-order valence-electron chi connectivity index (χ1n) is 7.37. The zero-order valence-electron chi connectivity index (χ0n) is 13.0. The third-order valence-corrected chi connectivity index (χ3v) is 3.66. The molecule has 0 saturated carbocycles. The predicted molar refractivity (Wildman–Crippen MR) is 88.0 cm³/mol. The van der Waals surface area contributed by atoms with Gasteiger partial charge in [0.15, 0.2) is 0 Å². The van der Waals surface area contributed by atoms with E-state index in [4.69, 9.17) is 11.6 Å². The molecule has 116 valence electrons. The van der Waals surface area contributed by atoms with Crippen molar-refractivity contribution in [2.75, 3.05) is 37.6 Å². The molecular formula is C16H24ClN3O. The summed E-state index contributed by atoms with van der Waals surface area (Å²) in [7, 11) is 0. The molecule has 0 aliphatic carbocycles. The number of piperazine rings is 1. The van der Waals surface area contributed by atoms with Gasteiger partial charge >= 0.3 is 0 Å². The molecule has 0 aromatic heterocycles. The molecule has 1 fully saturated rings. The van der Waals surface area contributed by atoms with Crippen molar-refractivity contribution in [2.24, 2.45) is 0 Å². The molecule has 0 bridgehead atoms. The second-order valence-corrected chi connectivity index (χ2v) is 6.98. The Morgan fingerprint density at radius 1 is 1.24 bits per heavy atom. The number of benzene rings is 1. The molecule has 1 saturated heterocycles. The Kier molecular flexibility index (Phi) is 5.12. The molecule has 0 atom stereocenters. The van der Waals surface area contributed by atoms with Crippen LogP contribution < -0.4 is 10.2 Å². The third kappa shape index (κ3) is 5.21. The Hall–Kier alpha value is -1.26. The van der Waals surface area contributed by atoms with E-state index in [0.29, 0.717) is 6.54 Å². The van der Waals surface area contributed by atoms with Crippen molar-refractivity contribution < 1.29 is 4.79 Å². The van der Waals surface area contributed by atoms with Gasteiger partial charge in [-0.1, -0.05) is 17.7 Å². The van der Waals surface area contributed by atoms with Gasteiger partial charge in [-0.2, -0.15) is 0 Å². The van der Waals surface area contributed by atoms with Gasteiger partial charge in [0.1, 0.15) is 0 Å². The van der Waals surface area contributed by atoms with Crippen LogP contribution in [-0.2, 0) is 4.79 Å². The minimum atomic E-state index is -0.167. The molecule has 1 aliphatic heterocycles. The number of hydrogen-bond donors (Lipinski definition) is 1. The van der Waals surface area contributed by atoms with Crippen LogP contribution >= 0.6 is 11.6 Å². The highest BCUT2D eigenvalue weighted by atomic mass is 35.5. The van der Waals surface area contributed by atoms with Gasteiger partial charge in [0.2, 0.25) is 5.91 Å². The van der Waals surface area contributed by atoms with E-state index < -0.39 is 0 Å². The van der Waals surface area contributed by atoms with Gasteiger partial charge in [0, 0.05) is 42.4 Å². The maximum absolute atomic E-state index is 11.9. The van der Waals surface area contributed by atoms with Crippen LogP contribution in [0.5, 0.6) is 0 Å². The maximum Gasteiger partial charge on any atom is 0.234 e. The smallest absolute Gasteiger partial charge is 0.234 e. The van der Waals surface area contributed by atoms with E-state index >= 15 is 0 Å². The van der Waals surface area contributed by atoms with Crippen molar-refractivity contribution in [2.45, 2.75) is 26.3 Å². The Bertz CT molecular complexity index is 491. The van der Waals surface area contributed by atoms with Crippen molar-refractivity contribution in [1.82, 2.24) is 10.2 Å². The molecule has 1 aromatic rings. The normalized spacial score (nSPS) is 16.9. The van der Waals surface area contributed by atoms with Crippen LogP contribution in [0.15, 0.2) is 24.3 Å². The zero-order valence-corrected chi connectivity index (χ0v) is 13.8. The molecule has 21 heavy (non-hydrogen) atoms. The molecule has 0 radical (unpaired) electrons. The van der Waals surface area contributed by atoms with E-state index in [9.17, 15) is 4.79 Å². The Balaban J connectivity index is 1.82. The lowest BCUT2D eigenvalue weighted by Gasteiger charge is -2.36. The van der Waals surface area contributed by atoms with Crippen LogP contribution in [0.25, 0.3) is 0 Å². The Morgan fingerprint density at radius 2 is 1.90 bits per heavy atom. The minimum Gasteiger partial charge on any atom is -0.369 e. The average Bonchev–Trinajstić information content (AvgIpc) is 2.37. The number of anilines is 1. The summed E-state index contributed by atoms with van der Waals surface area (Å²) in [5.74, 6) is 0.0960. The van der Waals surface area contributed by atoms with E-state index in [1.165, 1.54) is 0 Å². The van der Waals surface area contributed by atoms with Gasteiger partial charge in [-0.05, 0) is 39.0 Å². The summed E-state index contributed by atoms with van der Waals surface area (Å²) in [6, 6.07) is 7.93. The van der Waals surface area contributed by atoms with Crippen LogP contribution in [-0.4, -0.2) is 49.1 Å². The number of hydrogen-bond acceptors (Lipinski definition) is 3. The lowest BCUT2D eigenvalue weighted by molar-refractivity contribution is -0.123. The molecule has 1 N–H and O–H groups in total. The van der Waals surface area contributed by atoms with Crippen LogP contribution in [0.3, 0.4) is 0 Å². The summed E-state index contributed by atoms with van der Waals surface area (Å²) in [6.07, 6.45) is 0. The fourth-order valence-corrected chi connectivity index (χ4v) is 2.68. The van der Waals surface area contributed by atoms with Crippen molar-refractivity contribution in [1.29, 1.82) is 0 Å². The summed E-state index contributed by atoms with van der Waals surface area (Å²) in [5, 5.41) is 3.77. The molecule has 1 amide bonds. The number of amides is 1. The summed E-state index contributed by atoms with van der Waals surface area (Å²) >= 11 is 6.03. The fourth-order valence-electron chi connectivity index (χ4n) is 2.50. The van der Waals surface area contributed by atoms with Crippen LogP contribution in [0.1, 0.15) is 20.8 Å². The number of carbonyl (C=O) groups excluding carboxylic acids is 1. The average molecular weight is 310 g/mol. The first kappa shape index (κ1) is 16.1. The SMILES string of the molecule is CC(C)(C)NC(=O)CN1CCN(c2cccc(Cl)c2)CC1. The van der Waals surface area contributed by atoms with Gasteiger partial charge in [-0.15, -0.1) is 0 Å². The summed E-state index contributed by atoms with van der Waals surface area (Å²) in [4.78, 5) is 16.4. The largest absolute Gasteiger partial charge is 0.369 e. The first-order chi connectivity index (χ1) is 9.83. The van der Waals surface area contributed by atoms with Crippen LogP contribution in [0.2, 0.25) is 5.02 Å². The number of rotatable bonds is 3. The van der Waals surface area contributed by atoms with Crippen molar-refractivity contribution >= 4 is 23.2 Å². The number of carbonyl (C=O) groups is 1.